The molecule has 0 saturated carbocycles. The quantitative estimate of drug-likeness (QED) is 0.483. The van der Waals surface area contributed by atoms with E-state index < -0.39 is 0 Å². The summed E-state index contributed by atoms with van der Waals surface area (Å²) < 4.78 is 10.4. The van der Waals surface area contributed by atoms with Gasteiger partial charge in [0.2, 0.25) is 0 Å². The zero-order valence-electron chi connectivity index (χ0n) is 8.73. The Morgan fingerprint density at radius 2 is 2.53 bits per heavy atom. The summed E-state index contributed by atoms with van der Waals surface area (Å²) >= 11 is 0. The molecule has 1 saturated heterocycles. The van der Waals surface area contributed by atoms with Crippen LogP contribution >= 0.6 is 0 Å². The normalized spacial score (nSPS) is 40.7. The number of carbonyl (C=O) groups excluding carboxylic acids is 1. The van der Waals surface area contributed by atoms with Gasteiger partial charge in [-0.15, -0.1) is 0 Å². The van der Waals surface area contributed by atoms with E-state index in [1.54, 1.807) is 0 Å². The van der Waals surface area contributed by atoms with Gasteiger partial charge in [-0.2, -0.15) is 0 Å². The number of methoxy groups -OCH3 is 1. The Labute approximate surface area is 88.7 Å². The molecule has 0 spiro atoms. The zero-order chi connectivity index (χ0) is 10.5. The molecule has 3 aliphatic rings. The number of fused-ring (bicyclic) bond motifs is 2. The second kappa shape index (κ2) is 2.87. The van der Waals surface area contributed by atoms with Crippen molar-refractivity contribution in [2.45, 2.75) is 12.8 Å². The van der Waals surface area contributed by atoms with Gasteiger partial charge in [0.05, 0.1) is 24.9 Å². The summed E-state index contributed by atoms with van der Waals surface area (Å²) in [6.45, 7) is 0.792. The van der Waals surface area contributed by atoms with Crippen molar-refractivity contribution < 1.29 is 14.3 Å². The Morgan fingerprint density at radius 3 is 3.20 bits per heavy atom. The Bertz CT molecular complexity index is 369. The van der Waals surface area contributed by atoms with Gasteiger partial charge in [-0.25, -0.2) is 0 Å². The number of rotatable bonds is 1. The molecule has 1 fully saturated rings. The zero-order valence-corrected chi connectivity index (χ0v) is 8.73. The van der Waals surface area contributed by atoms with E-state index in [-0.39, 0.29) is 17.3 Å². The lowest BCUT2D eigenvalue weighted by Gasteiger charge is -2.43. The molecule has 0 amide bonds. The number of allylic oxidation sites excluding steroid dienone is 3. The first kappa shape index (κ1) is 9.01. The maximum atomic E-state index is 11.8. The molecule has 0 aromatic rings. The summed E-state index contributed by atoms with van der Waals surface area (Å²) in [6.07, 6.45) is 8.03. The molecule has 3 nitrogen and oxygen atoms in total. The SMILES string of the molecule is COC(=O)C12C=CC1C=C1OCCC1C2. The maximum Gasteiger partial charge on any atom is 0.316 e. The van der Waals surface area contributed by atoms with Crippen LogP contribution in [0.25, 0.3) is 0 Å². The molecule has 0 aromatic carbocycles. The van der Waals surface area contributed by atoms with Gasteiger partial charge in [-0.1, -0.05) is 12.2 Å². The van der Waals surface area contributed by atoms with Gasteiger partial charge in [-0.3, -0.25) is 4.79 Å². The van der Waals surface area contributed by atoms with Gasteiger partial charge in [0, 0.05) is 11.8 Å². The molecule has 0 aromatic heterocycles. The van der Waals surface area contributed by atoms with Crippen LogP contribution in [0.1, 0.15) is 12.8 Å². The summed E-state index contributed by atoms with van der Waals surface area (Å²) in [5, 5.41) is 0. The van der Waals surface area contributed by atoms with Crippen molar-refractivity contribution in [1.29, 1.82) is 0 Å². The molecule has 15 heavy (non-hydrogen) atoms. The van der Waals surface area contributed by atoms with Crippen LogP contribution in [0, 0.1) is 17.3 Å². The van der Waals surface area contributed by atoms with E-state index in [9.17, 15) is 4.79 Å². The predicted molar refractivity (Wildman–Crippen MR) is 53.8 cm³/mol. The molecule has 0 bridgehead atoms. The van der Waals surface area contributed by atoms with E-state index in [1.165, 1.54) is 7.11 Å². The van der Waals surface area contributed by atoms with Gasteiger partial charge < -0.3 is 9.47 Å². The first-order valence-corrected chi connectivity index (χ1v) is 5.38. The Hall–Kier alpha value is -1.25. The molecule has 3 heteroatoms. The Kier molecular flexibility index (Phi) is 1.73. The molecule has 80 valence electrons. The van der Waals surface area contributed by atoms with Gasteiger partial charge in [-0.05, 0) is 18.9 Å². The van der Waals surface area contributed by atoms with Crippen molar-refractivity contribution in [1.82, 2.24) is 0 Å². The fourth-order valence-corrected chi connectivity index (χ4v) is 2.88. The lowest BCUT2D eigenvalue weighted by Crippen LogP contribution is -2.45. The highest BCUT2D eigenvalue weighted by Crippen LogP contribution is 2.53. The molecule has 3 unspecified atom stereocenters. The van der Waals surface area contributed by atoms with Gasteiger partial charge in [0.25, 0.3) is 0 Å². The minimum absolute atomic E-state index is 0.0998. The summed E-state index contributed by atoms with van der Waals surface area (Å²) in [5.41, 5.74) is -0.378. The topological polar surface area (TPSA) is 35.5 Å². The van der Waals surface area contributed by atoms with Gasteiger partial charge in [0.1, 0.15) is 0 Å². The summed E-state index contributed by atoms with van der Waals surface area (Å²) in [5.74, 6) is 1.60. The second-order valence-corrected chi connectivity index (χ2v) is 4.52. The fraction of sp³-hybridized carbons (Fsp3) is 0.583. The molecule has 2 aliphatic carbocycles. The molecular weight excluding hydrogens is 192 g/mol. The van der Waals surface area contributed by atoms with Crippen LogP contribution in [0.15, 0.2) is 24.0 Å². The highest BCUT2D eigenvalue weighted by atomic mass is 16.5. The molecule has 3 rings (SSSR count). The van der Waals surface area contributed by atoms with Crippen LogP contribution < -0.4 is 0 Å². The van der Waals surface area contributed by atoms with Crippen molar-refractivity contribution in [3.63, 3.8) is 0 Å². The largest absolute Gasteiger partial charge is 0.498 e. The average molecular weight is 206 g/mol. The van der Waals surface area contributed by atoms with Gasteiger partial charge in [0.15, 0.2) is 0 Å². The minimum atomic E-state index is -0.378. The van der Waals surface area contributed by atoms with Gasteiger partial charge >= 0.3 is 5.97 Å². The van der Waals surface area contributed by atoms with E-state index in [1.807, 2.05) is 6.08 Å². The summed E-state index contributed by atoms with van der Waals surface area (Å²) in [7, 11) is 1.46. The van der Waals surface area contributed by atoms with Crippen LogP contribution in [-0.2, 0) is 14.3 Å². The average Bonchev–Trinajstić information content (AvgIpc) is 2.66. The Balaban J connectivity index is 1.95. The lowest BCUT2D eigenvalue weighted by molar-refractivity contribution is -0.153. The number of hydrogen-bond donors (Lipinski definition) is 0. The van der Waals surface area contributed by atoms with E-state index in [0.717, 1.165) is 25.2 Å². The molecule has 1 aliphatic heterocycles. The Morgan fingerprint density at radius 1 is 1.67 bits per heavy atom. The van der Waals surface area contributed by atoms with Crippen molar-refractivity contribution >= 4 is 5.97 Å². The molecule has 1 heterocycles. The first-order valence-electron chi connectivity index (χ1n) is 5.38. The maximum absolute atomic E-state index is 11.8. The third kappa shape index (κ3) is 1.03. The summed E-state index contributed by atoms with van der Waals surface area (Å²) in [6, 6.07) is 0. The van der Waals surface area contributed by atoms with Crippen molar-refractivity contribution in [2.75, 3.05) is 13.7 Å². The summed E-state index contributed by atoms with van der Waals surface area (Å²) in [4.78, 5) is 11.8. The number of carbonyl (C=O) groups is 1. The molecular formula is C12H14O3. The third-order valence-corrected chi connectivity index (χ3v) is 3.83. The van der Waals surface area contributed by atoms with Crippen molar-refractivity contribution in [2.24, 2.45) is 17.3 Å². The number of hydrogen-bond acceptors (Lipinski definition) is 3. The first-order chi connectivity index (χ1) is 7.26. The van der Waals surface area contributed by atoms with Crippen molar-refractivity contribution in [3.8, 4) is 0 Å². The highest BCUT2D eigenvalue weighted by molar-refractivity contribution is 5.82. The fourth-order valence-electron chi connectivity index (χ4n) is 2.88. The lowest BCUT2D eigenvalue weighted by atomic mass is 9.59. The predicted octanol–water partition coefficient (Wildman–Crippen LogP) is 1.66. The van der Waals surface area contributed by atoms with E-state index in [4.69, 9.17) is 9.47 Å². The molecule has 0 radical (unpaired) electrons. The standard InChI is InChI=1S/C12H14O3/c1-14-11(13)12-4-2-9(12)6-10-8(7-12)3-5-15-10/h2,4,6,8-9H,3,5,7H2,1H3. The van der Waals surface area contributed by atoms with Crippen LogP contribution in [0.3, 0.4) is 0 Å². The van der Waals surface area contributed by atoms with Crippen molar-refractivity contribution in [3.05, 3.63) is 24.0 Å². The number of esters is 1. The van der Waals surface area contributed by atoms with E-state index in [0.29, 0.717) is 5.92 Å². The number of ether oxygens (including phenoxy) is 2. The second-order valence-electron chi connectivity index (χ2n) is 4.52. The van der Waals surface area contributed by atoms with Crippen LogP contribution in [0.5, 0.6) is 0 Å². The van der Waals surface area contributed by atoms with E-state index >= 15 is 0 Å². The smallest absolute Gasteiger partial charge is 0.316 e. The van der Waals surface area contributed by atoms with E-state index in [2.05, 4.69) is 12.2 Å². The molecule has 0 N–H and O–H groups in total. The minimum Gasteiger partial charge on any atom is -0.498 e. The third-order valence-electron chi connectivity index (χ3n) is 3.83. The molecule has 3 atom stereocenters. The van der Waals surface area contributed by atoms with Crippen LogP contribution in [0.4, 0.5) is 0 Å². The van der Waals surface area contributed by atoms with Crippen LogP contribution in [-0.4, -0.2) is 19.7 Å². The highest BCUT2D eigenvalue weighted by Gasteiger charge is 2.53. The monoisotopic (exact) mass is 206 g/mol. The van der Waals surface area contributed by atoms with Crippen LogP contribution in [0.2, 0.25) is 0 Å².